The Labute approximate surface area is 178 Å². The van der Waals surface area contributed by atoms with E-state index in [1.165, 1.54) is 11.1 Å². The fraction of sp³-hybridized carbons (Fsp3) is 0.435. The van der Waals surface area contributed by atoms with E-state index < -0.39 is 0 Å². The molecule has 1 fully saturated rings. The van der Waals surface area contributed by atoms with Gasteiger partial charge in [-0.25, -0.2) is 0 Å². The van der Waals surface area contributed by atoms with Crippen LogP contribution in [0.4, 0.5) is 0 Å². The number of aryl methyl sites for hydroxylation is 1. The van der Waals surface area contributed by atoms with Crippen molar-refractivity contribution in [2.24, 2.45) is 0 Å². The molecule has 1 heterocycles. The van der Waals surface area contributed by atoms with Crippen LogP contribution < -0.4 is 10.1 Å². The summed E-state index contributed by atoms with van der Waals surface area (Å²) in [4.78, 5) is 17.1. The molecule has 2 aromatic carbocycles. The molecule has 3 rings (SSSR count). The quantitative estimate of drug-likeness (QED) is 0.749. The standard InChI is InChI=1S/C23H30ClN3O2/c1-17-7-8-22(29-3)20(13-17)15-26-9-11-27(12-10-26)16-23(28)25-18(2)19-5-4-6-21(24)14-19/h4-8,13-14,18H,9-12,15-16H2,1-3H3,(H,25,28)/t18-/m0/s1. The Morgan fingerprint density at radius 1 is 1.14 bits per heavy atom. The van der Waals surface area contributed by atoms with Gasteiger partial charge in [-0.15, -0.1) is 0 Å². The van der Waals surface area contributed by atoms with Crippen LogP contribution in [0.5, 0.6) is 5.75 Å². The van der Waals surface area contributed by atoms with E-state index in [4.69, 9.17) is 16.3 Å². The van der Waals surface area contributed by atoms with Crippen LogP contribution in [0.3, 0.4) is 0 Å². The van der Waals surface area contributed by atoms with Gasteiger partial charge >= 0.3 is 0 Å². The van der Waals surface area contributed by atoms with Crippen LogP contribution in [0.2, 0.25) is 5.02 Å². The highest BCUT2D eigenvalue weighted by Gasteiger charge is 2.21. The molecule has 0 unspecified atom stereocenters. The van der Waals surface area contributed by atoms with Gasteiger partial charge in [0.1, 0.15) is 5.75 Å². The number of carbonyl (C=O) groups is 1. The first-order chi connectivity index (χ1) is 13.9. The van der Waals surface area contributed by atoms with Gasteiger partial charge in [0.15, 0.2) is 0 Å². The molecular formula is C23H30ClN3O2. The summed E-state index contributed by atoms with van der Waals surface area (Å²) in [5.41, 5.74) is 3.47. The highest BCUT2D eigenvalue weighted by molar-refractivity contribution is 6.30. The molecule has 6 heteroatoms. The number of nitrogens with zero attached hydrogens (tertiary/aromatic N) is 2. The van der Waals surface area contributed by atoms with Crippen LogP contribution in [0.1, 0.15) is 29.7 Å². The maximum absolute atomic E-state index is 12.5. The third-order valence-corrected chi connectivity index (χ3v) is 5.62. The number of amides is 1. The van der Waals surface area contributed by atoms with Gasteiger partial charge in [-0.2, -0.15) is 0 Å². The van der Waals surface area contributed by atoms with Gasteiger partial charge in [0.2, 0.25) is 5.91 Å². The SMILES string of the molecule is COc1ccc(C)cc1CN1CCN(CC(=O)N[C@@H](C)c2cccc(Cl)c2)CC1. The lowest BCUT2D eigenvalue weighted by Gasteiger charge is -2.34. The number of nitrogens with one attached hydrogen (secondary N) is 1. The molecule has 29 heavy (non-hydrogen) atoms. The van der Waals surface area contributed by atoms with Crippen molar-refractivity contribution in [3.63, 3.8) is 0 Å². The molecule has 1 aliphatic rings. The Kier molecular flexibility index (Phi) is 7.53. The number of ether oxygens (including phenoxy) is 1. The number of halogens is 1. The Hall–Kier alpha value is -2.08. The van der Waals surface area contributed by atoms with Crippen LogP contribution >= 0.6 is 11.6 Å². The average Bonchev–Trinajstić information content (AvgIpc) is 2.69. The van der Waals surface area contributed by atoms with Gasteiger partial charge in [-0.1, -0.05) is 41.4 Å². The summed E-state index contributed by atoms with van der Waals surface area (Å²) in [7, 11) is 1.72. The number of hydrogen-bond donors (Lipinski definition) is 1. The summed E-state index contributed by atoms with van der Waals surface area (Å²) in [6.07, 6.45) is 0. The maximum Gasteiger partial charge on any atom is 0.234 e. The number of hydrogen-bond acceptors (Lipinski definition) is 4. The molecule has 1 amide bonds. The van der Waals surface area contributed by atoms with Crippen LogP contribution in [-0.2, 0) is 11.3 Å². The Bertz CT molecular complexity index is 835. The number of benzene rings is 2. The van der Waals surface area contributed by atoms with Gasteiger partial charge in [0.25, 0.3) is 0 Å². The largest absolute Gasteiger partial charge is 0.496 e. The molecule has 0 radical (unpaired) electrons. The first-order valence-corrected chi connectivity index (χ1v) is 10.5. The summed E-state index contributed by atoms with van der Waals surface area (Å²) < 4.78 is 5.50. The lowest BCUT2D eigenvalue weighted by atomic mass is 10.1. The smallest absolute Gasteiger partial charge is 0.234 e. The average molecular weight is 416 g/mol. The Morgan fingerprint density at radius 3 is 2.55 bits per heavy atom. The van der Waals surface area contributed by atoms with Crippen molar-refractivity contribution in [1.82, 2.24) is 15.1 Å². The first-order valence-electron chi connectivity index (χ1n) is 10.1. The molecule has 0 spiro atoms. The van der Waals surface area contributed by atoms with Crippen molar-refractivity contribution in [3.8, 4) is 5.75 Å². The number of piperazine rings is 1. The monoisotopic (exact) mass is 415 g/mol. The van der Waals surface area contributed by atoms with Crippen molar-refractivity contribution >= 4 is 17.5 Å². The fourth-order valence-corrected chi connectivity index (χ4v) is 3.93. The number of carbonyl (C=O) groups excluding carboxylic acids is 1. The molecule has 1 atom stereocenters. The molecular weight excluding hydrogens is 386 g/mol. The van der Waals surface area contributed by atoms with Gasteiger partial charge in [0.05, 0.1) is 19.7 Å². The second kappa shape index (κ2) is 10.1. The third-order valence-electron chi connectivity index (χ3n) is 5.39. The highest BCUT2D eigenvalue weighted by Crippen LogP contribution is 2.22. The zero-order valence-corrected chi connectivity index (χ0v) is 18.2. The van der Waals surface area contributed by atoms with E-state index in [-0.39, 0.29) is 11.9 Å². The van der Waals surface area contributed by atoms with E-state index >= 15 is 0 Å². The summed E-state index contributed by atoms with van der Waals surface area (Å²) in [5, 5.41) is 3.76. The number of methoxy groups -OCH3 is 1. The Morgan fingerprint density at radius 2 is 1.86 bits per heavy atom. The van der Waals surface area contributed by atoms with Gasteiger partial charge in [-0.3, -0.25) is 14.6 Å². The molecule has 0 bridgehead atoms. The minimum Gasteiger partial charge on any atom is -0.496 e. The minimum absolute atomic E-state index is 0.0475. The lowest BCUT2D eigenvalue weighted by Crippen LogP contribution is -2.49. The predicted molar refractivity (Wildman–Crippen MR) is 117 cm³/mol. The van der Waals surface area contributed by atoms with Crippen molar-refractivity contribution in [2.45, 2.75) is 26.4 Å². The van der Waals surface area contributed by atoms with E-state index in [1.54, 1.807) is 7.11 Å². The molecule has 0 aliphatic carbocycles. The first kappa shape index (κ1) is 21.6. The van der Waals surface area contributed by atoms with Crippen LogP contribution in [-0.4, -0.2) is 55.5 Å². The molecule has 1 N–H and O–H groups in total. The summed E-state index contributed by atoms with van der Waals surface area (Å²) in [5.74, 6) is 0.985. The van der Waals surface area contributed by atoms with Gasteiger partial charge in [-0.05, 0) is 37.6 Å². The molecule has 2 aromatic rings. The molecule has 1 aliphatic heterocycles. The lowest BCUT2D eigenvalue weighted by molar-refractivity contribution is -0.123. The van der Waals surface area contributed by atoms with E-state index in [0.717, 1.165) is 44.0 Å². The zero-order chi connectivity index (χ0) is 20.8. The predicted octanol–water partition coefficient (Wildman–Crippen LogP) is 3.65. The topological polar surface area (TPSA) is 44.8 Å². The third kappa shape index (κ3) is 6.20. The molecule has 0 saturated carbocycles. The Balaban J connectivity index is 1.46. The van der Waals surface area contributed by atoms with Gasteiger partial charge in [0, 0.05) is 43.3 Å². The van der Waals surface area contributed by atoms with Crippen LogP contribution in [0.25, 0.3) is 0 Å². The zero-order valence-electron chi connectivity index (χ0n) is 17.5. The van der Waals surface area contributed by atoms with Crippen molar-refractivity contribution in [1.29, 1.82) is 0 Å². The van der Waals surface area contributed by atoms with Crippen LogP contribution in [0, 0.1) is 6.92 Å². The summed E-state index contributed by atoms with van der Waals surface area (Å²) >= 11 is 6.05. The maximum atomic E-state index is 12.5. The highest BCUT2D eigenvalue weighted by atomic mass is 35.5. The van der Waals surface area contributed by atoms with E-state index in [1.807, 2.05) is 37.3 Å². The van der Waals surface area contributed by atoms with Crippen LogP contribution in [0.15, 0.2) is 42.5 Å². The second-order valence-corrected chi connectivity index (χ2v) is 8.15. The van der Waals surface area contributed by atoms with Gasteiger partial charge < -0.3 is 10.1 Å². The van der Waals surface area contributed by atoms with Crippen molar-refractivity contribution in [3.05, 3.63) is 64.2 Å². The minimum atomic E-state index is -0.0590. The van der Waals surface area contributed by atoms with E-state index in [0.29, 0.717) is 11.6 Å². The number of rotatable bonds is 7. The molecule has 5 nitrogen and oxygen atoms in total. The van der Waals surface area contributed by atoms with Crippen molar-refractivity contribution in [2.75, 3.05) is 39.8 Å². The van der Waals surface area contributed by atoms with Crippen molar-refractivity contribution < 1.29 is 9.53 Å². The second-order valence-electron chi connectivity index (χ2n) is 7.71. The normalized spacial score (nSPS) is 16.4. The molecule has 0 aromatic heterocycles. The van der Waals surface area contributed by atoms with E-state index in [9.17, 15) is 4.79 Å². The molecule has 1 saturated heterocycles. The fourth-order valence-electron chi connectivity index (χ4n) is 3.73. The van der Waals surface area contributed by atoms with E-state index in [2.05, 4.69) is 34.2 Å². The molecule has 156 valence electrons. The summed E-state index contributed by atoms with van der Waals surface area (Å²) in [6.45, 7) is 9.02. The summed E-state index contributed by atoms with van der Waals surface area (Å²) in [6, 6.07) is 13.9.